The number of primary amides is 1. The van der Waals surface area contributed by atoms with Crippen molar-refractivity contribution in [1.82, 2.24) is 14.9 Å². The number of piperazine rings is 1. The minimum absolute atomic E-state index is 0.118. The summed E-state index contributed by atoms with van der Waals surface area (Å²) in [5.41, 5.74) is 6.13. The molecule has 0 radical (unpaired) electrons. The summed E-state index contributed by atoms with van der Waals surface area (Å²) in [6, 6.07) is 5.87. The topological polar surface area (TPSA) is 92.4 Å². The van der Waals surface area contributed by atoms with Crippen molar-refractivity contribution in [3.8, 4) is 0 Å². The van der Waals surface area contributed by atoms with Gasteiger partial charge < -0.3 is 15.5 Å². The van der Waals surface area contributed by atoms with Gasteiger partial charge in [0, 0.05) is 37.3 Å². The second kappa shape index (κ2) is 7.03. The number of pyridine rings is 1. The number of thiazole rings is 1. The van der Waals surface area contributed by atoms with Crippen molar-refractivity contribution in [2.24, 2.45) is 5.73 Å². The number of fused-ring (bicyclic) bond motifs is 1. The highest BCUT2D eigenvalue weighted by atomic mass is 32.1. The van der Waals surface area contributed by atoms with E-state index in [1.807, 2.05) is 23.1 Å². The van der Waals surface area contributed by atoms with Crippen molar-refractivity contribution < 1.29 is 9.59 Å². The smallest absolute Gasteiger partial charge is 0.277 e. The normalized spacial score (nSPS) is 19.9. The van der Waals surface area contributed by atoms with Crippen LogP contribution < -0.4 is 10.6 Å². The number of aryl methyl sites for hydroxylation is 1. The molecule has 3 heterocycles. The molecule has 1 saturated heterocycles. The zero-order valence-electron chi connectivity index (χ0n) is 14.4. The van der Waals surface area contributed by atoms with Gasteiger partial charge in [0.15, 0.2) is 5.01 Å². The number of carbonyl (C=O) groups excluding carboxylic acids is 2. The maximum absolute atomic E-state index is 13.1. The van der Waals surface area contributed by atoms with Crippen LogP contribution in [0.2, 0.25) is 0 Å². The summed E-state index contributed by atoms with van der Waals surface area (Å²) >= 11 is 1.34. The van der Waals surface area contributed by atoms with Crippen LogP contribution in [-0.2, 0) is 11.2 Å². The van der Waals surface area contributed by atoms with Gasteiger partial charge >= 0.3 is 0 Å². The maximum atomic E-state index is 13.1. The largest absolute Gasteiger partial charge is 0.364 e. The minimum atomic E-state index is -0.514. The summed E-state index contributed by atoms with van der Waals surface area (Å²) in [6.45, 7) is 2.89. The van der Waals surface area contributed by atoms with Crippen LogP contribution >= 0.6 is 11.3 Å². The van der Waals surface area contributed by atoms with E-state index in [1.165, 1.54) is 11.3 Å². The number of anilines is 1. The fourth-order valence-corrected chi connectivity index (χ4v) is 4.70. The number of amides is 2. The van der Waals surface area contributed by atoms with Crippen molar-refractivity contribution in [1.29, 1.82) is 0 Å². The van der Waals surface area contributed by atoms with Crippen LogP contribution in [0.3, 0.4) is 0 Å². The molecule has 0 saturated carbocycles. The Bertz CT molecular complexity index is 814. The summed E-state index contributed by atoms with van der Waals surface area (Å²) in [5.74, 6) is 0.308. The Hall–Kier alpha value is -2.48. The Kier molecular flexibility index (Phi) is 4.58. The monoisotopic (exact) mass is 371 g/mol. The first kappa shape index (κ1) is 17.0. The van der Waals surface area contributed by atoms with Gasteiger partial charge in [-0.3, -0.25) is 9.59 Å². The molecule has 1 aliphatic carbocycles. The van der Waals surface area contributed by atoms with E-state index in [2.05, 4.69) is 14.9 Å². The standard InChI is InChI=1S/C18H21N5O2S/c19-16(24)17-21-15-12(4-3-5-13(15)26-17)18(25)23-10-8-22(9-11-23)14-6-1-2-7-20-14/h1-2,6-7,12H,3-5,8-11H2,(H2,19,24). The second-order valence-electron chi connectivity index (χ2n) is 6.64. The van der Waals surface area contributed by atoms with Gasteiger partial charge in [-0.2, -0.15) is 0 Å². The molecule has 1 unspecified atom stereocenters. The van der Waals surface area contributed by atoms with E-state index >= 15 is 0 Å². The molecular formula is C18H21N5O2S. The summed E-state index contributed by atoms with van der Waals surface area (Å²) in [4.78, 5) is 38.4. The van der Waals surface area contributed by atoms with Gasteiger partial charge in [-0.25, -0.2) is 9.97 Å². The van der Waals surface area contributed by atoms with E-state index in [1.54, 1.807) is 6.20 Å². The van der Waals surface area contributed by atoms with Crippen molar-refractivity contribution in [3.63, 3.8) is 0 Å². The van der Waals surface area contributed by atoms with Gasteiger partial charge in [-0.15, -0.1) is 11.3 Å². The van der Waals surface area contributed by atoms with E-state index in [-0.39, 0.29) is 11.8 Å². The van der Waals surface area contributed by atoms with E-state index < -0.39 is 5.91 Å². The van der Waals surface area contributed by atoms with E-state index in [0.29, 0.717) is 18.1 Å². The number of rotatable bonds is 3. The summed E-state index contributed by atoms with van der Waals surface area (Å²) in [6.07, 6.45) is 4.39. The van der Waals surface area contributed by atoms with E-state index in [0.717, 1.165) is 48.7 Å². The first-order valence-corrected chi connectivity index (χ1v) is 9.69. The Balaban J connectivity index is 1.46. The molecule has 4 rings (SSSR count). The highest BCUT2D eigenvalue weighted by Gasteiger charge is 2.34. The number of aromatic nitrogens is 2. The quantitative estimate of drug-likeness (QED) is 0.881. The zero-order valence-corrected chi connectivity index (χ0v) is 15.2. The van der Waals surface area contributed by atoms with Gasteiger partial charge in [0.25, 0.3) is 5.91 Å². The van der Waals surface area contributed by atoms with Crippen LogP contribution in [0.4, 0.5) is 5.82 Å². The number of hydrogen-bond acceptors (Lipinski definition) is 6. The zero-order chi connectivity index (χ0) is 18.1. The lowest BCUT2D eigenvalue weighted by Gasteiger charge is -2.37. The molecule has 7 nitrogen and oxygen atoms in total. The Morgan fingerprint density at radius 2 is 2.00 bits per heavy atom. The van der Waals surface area contributed by atoms with Crippen LogP contribution in [0.25, 0.3) is 0 Å². The highest BCUT2D eigenvalue weighted by molar-refractivity contribution is 7.13. The van der Waals surface area contributed by atoms with Gasteiger partial charge in [0.05, 0.1) is 11.6 Å². The fourth-order valence-electron chi connectivity index (χ4n) is 3.68. The third kappa shape index (κ3) is 3.16. The predicted molar refractivity (Wildman–Crippen MR) is 99.3 cm³/mol. The summed E-state index contributed by atoms with van der Waals surface area (Å²) in [5, 5.41) is 0.315. The maximum Gasteiger partial charge on any atom is 0.277 e. The van der Waals surface area contributed by atoms with Crippen molar-refractivity contribution in [2.75, 3.05) is 31.1 Å². The molecule has 2 aromatic heterocycles. The molecule has 0 spiro atoms. The van der Waals surface area contributed by atoms with E-state index in [4.69, 9.17) is 5.73 Å². The van der Waals surface area contributed by atoms with Gasteiger partial charge in [-0.05, 0) is 31.4 Å². The van der Waals surface area contributed by atoms with Crippen LogP contribution in [0.15, 0.2) is 24.4 Å². The number of hydrogen-bond donors (Lipinski definition) is 1. The third-order valence-corrected chi connectivity index (χ3v) is 6.17. The molecule has 2 aromatic rings. The van der Waals surface area contributed by atoms with Gasteiger partial charge in [-0.1, -0.05) is 6.07 Å². The number of nitrogens with zero attached hydrogens (tertiary/aromatic N) is 4. The summed E-state index contributed by atoms with van der Waals surface area (Å²) in [7, 11) is 0. The molecule has 1 fully saturated rings. The molecule has 0 bridgehead atoms. The molecule has 2 amide bonds. The fraction of sp³-hybridized carbons (Fsp3) is 0.444. The van der Waals surface area contributed by atoms with Crippen molar-refractivity contribution in [2.45, 2.75) is 25.2 Å². The number of nitrogens with two attached hydrogens (primary N) is 1. The first-order valence-electron chi connectivity index (χ1n) is 8.87. The average molecular weight is 371 g/mol. The molecule has 1 atom stereocenters. The first-order chi connectivity index (χ1) is 12.6. The highest BCUT2D eigenvalue weighted by Crippen LogP contribution is 2.36. The van der Waals surface area contributed by atoms with Crippen LogP contribution in [0.1, 0.15) is 39.1 Å². The number of carbonyl (C=O) groups is 2. The molecule has 2 N–H and O–H groups in total. The van der Waals surface area contributed by atoms with Gasteiger partial charge in [0.1, 0.15) is 5.82 Å². The molecule has 0 aromatic carbocycles. The lowest BCUT2D eigenvalue weighted by atomic mass is 9.89. The van der Waals surface area contributed by atoms with E-state index in [9.17, 15) is 9.59 Å². The average Bonchev–Trinajstić information content (AvgIpc) is 3.13. The molecule has 2 aliphatic rings. The molecule has 8 heteroatoms. The SMILES string of the molecule is NC(=O)c1nc2c(s1)CCCC2C(=O)N1CCN(c2ccccn2)CC1. The predicted octanol–water partition coefficient (Wildman–Crippen LogP) is 1.41. The third-order valence-electron chi connectivity index (χ3n) is 5.03. The molecule has 1 aliphatic heterocycles. The molecular weight excluding hydrogens is 350 g/mol. The van der Waals surface area contributed by atoms with Gasteiger partial charge in [0.2, 0.25) is 5.91 Å². The molecule has 26 heavy (non-hydrogen) atoms. The van der Waals surface area contributed by atoms with Crippen molar-refractivity contribution in [3.05, 3.63) is 40.0 Å². The lowest BCUT2D eigenvalue weighted by Crippen LogP contribution is -2.50. The van der Waals surface area contributed by atoms with Crippen LogP contribution in [0.5, 0.6) is 0 Å². The van der Waals surface area contributed by atoms with Crippen LogP contribution in [-0.4, -0.2) is 52.9 Å². The lowest BCUT2D eigenvalue weighted by molar-refractivity contribution is -0.133. The Labute approximate surface area is 155 Å². The molecule has 136 valence electrons. The minimum Gasteiger partial charge on any atom is -0.364 e. The summed E-state index contributed by atoms with van der Waals surface area (Å²) < 4.78 is 0. The Morgan fingerprint density at radius 1 is 1.19 bits per heavy atom. The Morgan fingerprint density at radius 3 is 2.69 bits per heavy atom. The van der Waals surface area contributed by atoms with Crippen molar-refractivity contribution >= 4 is 29.0 Å². The second-order valence-corrected chi connectivity index (χ2v) is 7.72. The van der Waals surface area contributed by atoms with Crippen LogP contribution in [0, 0.1) is 0 Å².